The van der Waals surface area contributed by atoms with Gasteiger partial charge in [-0.3, -0.25) is 4.90 Å². The van der Waals surface area contributed by atoms with Crippen LogP contribution in [-0.4, -0.2) is 74.5 Å². The number of likely N-dealkylation sites (N-methyl/N-ethyl adjacent to an activating group) is 1. The van der Waals surface area contributed by atoms with Crippen LogP contribution in [0.1, 0.15) is 6.42 Å². The molecule has 4 nitrogen and oxygen atoms in total. The van der Waals surface area contributed by atoms with Gasteiger partial charge in [0.05, 0.1) is 18.8 Å². The maximum atomic E-state index is 9.43. The first-order valence-electron chi connectivity index (χ1n) is 5.14. The molecule has 1 N–H and O–H groups in total. The molecule has 1 rings (SSSR count). The Labute approximate surface area is 86.4 Å². The molecule has 1 fully saturated rings. The summed E-state index contributed by atoms with van der Waals surface area (Å²) >= 11 is 0. The Morgan fingerprint density at radius 3 is 2.64 bits per heavy atom. The summed E-state index contributed by atoms with van der Waals surface area (Å²) in [6, 6.07) is 0. The molecule has 0 saturated carbocycles. The number of aliphatic hydroxyl groups is 1. The molecule has 0 radical (unpaired) electrons. The molecule has 0 aliphatic carbocycles. The van der Waals surface area contributed by atoms with Crippen LogP contribution in [-0.2, 0) is 4.74 Å². The van der Waals surface area contributed by atoms with Crippen molar-refractivity contribution in [2.45, 2.75) is 12.0 Å². The Bertz CT molecular complexity index is 176. The topological polar surface area (TPSA) is 35.9 Å². The first kappa shape index (κ1) is 11.9. The van der Waals surface area contributed by atoms with E-state index in [-0.39, 0.29) is 12.1 Å². The standard InChI is InChI=1S/C10H22N2O2/c1-11(2)10(9-13)4-5-12(8-10)6-7-14-3/h13H,4-9H2,1-3H3. The number of nitrogens with zero attached hydrogens (tertiary/aromatic N) is 2. The van der Waals surface area contributed by atoms with Crippen molar-refractivity contribution in [2.24, 2.45) is 0 Å². The Hall–Kier alpha value is -0.160. The summed E-state index contributed by atoms with van der Waals surface area (Å²) in [4.78, 5) is 4.49. The fourth-order valence-electron chi connectivity index (χ4n) is 1.99. The quantitative estimate of drug-likeness (QED) is 0.660. The van der Waals surface area contributed by atoms with Crippen molar-refractivity contribution in [1.82, 2.24) is 9.80 Å². The molecule has 0 aromatic heterocycles. The highest BCUT2D eigenvalue weighted by Gasteiger charge is 2.39. The van der Waals surface area contributed by atoms with E-state index in [1.54, 1.807) is 7.11 Å². The minimum atomic E-state index is -0.0340. The average molecular weight is 202 g/mol. The number of hydrogen-bond acceptors (Lipinski definition) is 4. The first-order valence-corrected chi connectivity index (χ1v) is 5.14. The largest absolute Gasteiger partial charge is 0.394 e. The third-order valence-electron chi connectivity index (χ3n) is 3.27. The lowest BCUT2D eigenvalue weighted by atomic mass is 9.99. The molecule has 14 heavy (non-hydrogen) atoms. The van der Waals surface area contributed by atoms with Crippen molar-refractivity contribution in [2.75, 3.05) is 54.1 Å². The molecule has 0 amide bonds. The normalized spacial score (nSPS) is 28.9. The number of hydrogen-bond donors (Lipinski definition) is 1. The molecular weight excluding hydrogens is 180 g/mol. The van der Waals surface area contributed by atoms with Crippen LogP contribution >= 0.6 is 0 Å². The zero-order chi connectivity index (χ0) is 10.6. The van der Waals surface area contributed by atoms with Crippen LogP contribution in [0.4, 0.5) is 0 Å². The van der Waals surface area contributed by atoms with Gasteiger partial charge in [0.2, 0.25) is 0 Å². The monoisotopic (exact) mass is 202 g/mol. The van der Waals surface area contributed by atoms with Gasteiger partial charge in [-0.2, -0.15) is 0 Å². The number of methoxy groups -OCH3 is 1. The van der Waals surface area contributed by atoms with Gasteiger partial charge in [-0.1, -0.05) is 0 Å². The van der Waals surface area contributed by atoms with Crippen LogP contribution in [0, 0.1) is 0 Å². The van der Waals surface area contributed by atoms with Crippen molar-refractivity contribution < 1.29 is 9.84 Å². The second kappa shape index (κ2) is 5.07. The Balaban J connectivity index is 2.44. The predicted octanol–water partition coefficient (Wildman–Crippen LogP) is -0.369. The summed E-state index contributed by atoms with van der Waals surface area (Å²) < 4.78 is 5.05. The lowest BCUT2D eigenvalue weighted by Gasteiger charge is -2.34. The third kappa shape index (κ3) is 2.45. The molecule has 1 unspecified atom stereocenters. The minimum absolute atomic E-state index is 0.0340. The summed E-state index contributed by atoms with van der Waals surface area (Å²) in [6.07, 6.45) is 1.04. The summed E-state index contributed by atoms with van der Waals surface area (Å²) in [5.41, 5.74) is -0.0340. The van der Waals surface area contributed by atoms with Crippen LogP contribution in [0.15, 0.2) is 0 Å². The molecule has 0 spiro atoms. The first-order chi connectivity index (χ1) is 6.64. The zero-order valence-corrected chi connectivity index (χ0v) is 9.49. The summed E-state index contributed by atoms with van der Waals surface area (Å²) in [5, 5.41) is 9.43. The molecule has 0 bridgehead atoms. The van der Waals surface area contributed by atoms with Gasteiger partial charge in [-0.15, -0.1) is 0 Å². The maximum Gasteiger partial charge on any atom is 0.0628 e. The van der Waals surface area contributed by atoms with Gasteiger partial charge in [-0.25, -0.2) is 0 Å². The van der Waals surface area contributed by atoms with E-state index >= 15 is 0 Å². The number of rotatable bonds is 5. The number of aliphatic hydroxyl groups excluding tert-OH is 1. The Kier molecular flexibility index (Phi) is 4.31. The van der Waals surface area contributed by atoms with E-state index in [2.05, 4.69) is 9.80 Å². The van der Waals surface area contributed by atoms with Gasteiger partial charge in [-0.05, 0) is 20.5 Å². The van der Waals surface area contributed by atoms with E-state index in [1.807, 2.05) is 14.1 Å². The fourth-order valence-corrected chi connectivity index (χ4v) is 1.99. The van der Waals surface area contributed by atoms with Crippen LogP contribution in [0.5, 0.6) is 0 Å². The van der Waals surface area contributed by atoms with Crippen molar-refractivity contribution in [3.05, 3.63) is 0 Å². The highest BCUT2D eigenvalue weighted by molar-refractivity contribution is 4.96. The SMILES string of the molecule is COCCN1CCC(CO)(N(C)C)C1. The second-order valence-corrected chi connectivity index (χ2v) is 4.30. The van der Waals surface area contributed by atoms with Crippen LogP contribution < -0.4 is 0 Å². The molecule has 1 aliphatic heterocycles. The molecule has 1 atom stereocenters. The van der Waals surface area contributed by atoms with Crippen molar-refractivity contribution in [3.63, 3.8) is 0 Å². The molecule has 84 valence electrons. The van der Waals surface area contributed by atoms with Gasteiger partial charge in [0.15, 0.2) is 0 Å². The van der Waals surface area contributed by atoms with E-state index in [9.17, 15) is 5.11 Å². The molecule has 1 saturated heterocycles. The molecule has 1 heterocycles. The second-order valence-electron chi connectivity index (χ2n) is 4.30. The lowest BCUT2D eigenvalue weighted by molar-refractivity contribution is 0.0703. The summed E-state index contributed by atoms with van der Waals surface area (Å²) in [6.45, 7) is 3.98. The summed E-state index contributed by atoms with van der Waals surface area (Å²) in [5.74, 6) is 0. The van der Waals surface area contributed by atoms with Gasteiger partial charge < -0.3 is 14.7 Å². The zero-order valence-electron chi connectivity index (χ0n) is 9.49. The minimum Gasteiger partial charge on any atom is -0.394 e. The van der Waals surface area contributed by atoms with E-state index in [0.29, 0.717) is 0 Å². The maximum absolute atomic E-state index is 9.43. The van der Waals surface area contributed by atoms with E-state index in [1.165, 1.54) is 0 Å². The van der Waals surface area contributed by atoms with E-state index < -0.39 is 0 Å². The van der Waals surface area contributed by atoms with E-state index in [0.717, 1.165) is 32.7 Å². The van der Waals surface area contributed by atoms with E-state index in [4.69, 9.17) is 4.74 Å². The average Bonchev–Trinajstić information content (AvgIpc) is 2.59. The molecule has 0 aromatic carbocycles. The molecule has 4 heteroatoms. The van der Waals surface area contributed by atoms with Gasteiger partial charge in [0, 0.05) is 26.7 Å². The molecular formula is C10H22N2O2. The number of ether oxygens (including phenoxy) is 1. The third-order valence-corrected chi connectivity index (χ3v) is 3.27. The Morgan fingerprint density at radius 1 is 1.50 bits per heavy atom. The molecule has 1 aliphatic rings. The van der Waals surface area contributed by atoms with Gasteiger partial charge in [0.1, 0.15) is 0 Å². The van der Waals surface area contributed by atoms with Gasteiger partial charge >= 0.3 is 0 Å². The number of likely N-dealkylation sites (tertiary alicyclic amines) is 1. The van der Waals surface area contributed by atoms with Gasteiger partial charge in [0.25, 0.3) is 0 Å². The van der Waals surface area contributed by atoms with Crippen molar-refractivity contribution >= 4 is 0 Å². The summed E-state index contributed by atoms with van der Waals surface area (Å²) in [7, 11) is 5.80. The molecule has 0 aromatic rings. The van der Waals surface area contributed by atoms with Crippen molar-refractivity contribution in [1.29, 1.82) is 0 Å². The van der Waals surface area contributed by atoms with Crippen LogP contribution in [0.3, 0.4) is 0 Å². The van der Waals surface area contributed by atoms with Crippen LogP contribution in [0.2, 0.25) is 0 Å². The lowest BCUT2D eigenvalue weighted by Crippen LogP contribution is -2.49. The predicted molar refractivity (Wildman–Crippen MR) is 56.4 cm³/mol. The van der Waals surface area contributed by atoms with Crippen molar-refractivity contribution in [3.8, 4) is 0 Å². The fraction of sp³-hybridized carbons (Fsp3) is 1.00. The highest BCUT2D eigenvalue weighted by Crippen LogP contribution is 2.25. The Morgan fingerprint density at radius 2 is 2.21 bits per heavy atom. The smallest absolute Gasteiger partial charge is 0.0628 e. The van der Waals surface area contributed by atoms with Crippen LogP contribution in [0.25, 0.3) is 0 Å². The highest BCUT2D eigenvalue weighted by atomic mass is 16.5.